The average Bonchev–Trinajstić information content (AvgIpc) is 3.30. The lowest BCUT2D eigenvalue weighted by Gasteiger charge is -2.19. The molecule has 0 saturated heterocycles. The molecule has 0 aliphatic heterocycles. The fourth-order valence-electron chi connectivity index (χ4n) is 3.58. The molecule has 4 N–H and O–H groups in total. The van der Waals surface area contributed by atoms with Crippen molar-refractivity contribution in [2.45, 2.75) is 50.2 Å². The molecule has 2 atom stereocenters. The van der Waals surface area contributed by atoms with Gasteiger partial charge in [0, 0.05) is 0 Å². The number of primary sulfonamides is 1. The maximum atomic E-state index is 11.2. The zero-order chi connectivity index (χ0) is 26.8. The van der Waals surface area contributed by atoms with Crippen LogP contribution in [0.2, 0.25) is 0 Å². The minimum Gasteiger partial charge on any atom is -0.479 e. The fourth-order valence-corrected chi connectivity index (χ4v) is 4.12. The third-order valence-corrected chi connectivity index (χ3v) is 6.35. The molecule has 0 bridgehead atoms. The maximum absolute atomic E-state index is 11.2. The third-order valence-electron chi connectivity index (χ3n) is 5.43. The van der Waals surface area contributed by atoms with Gasteiger partial charge in [0.2, 0.25) is 10.0 Å². The van der Waals surface area contributed by atoms with E-state index in [1.54, 1.807) is 31.2 Å². The predicted octanol–water partition coefficient (Wildman–Crippen LogP) is 5.36. The lowest BCUT2D eigenvalue weighted by Crippen LogP contribution is -2.26. The molecule has 0 spiro atoms. The molecule has 196 valence electrons. The van der Waals surface area contributed by atoms with E-state index < -0.39 is 22.1 Å². The Labute approximate surface area is 216 Å². The molecule has 37 heavy (non-hydrogen) atoms. The highest BCUT2D eigenvalue weighted by Gasteiger charge is 2.19. The highest BCUT2D eigenvalue weighted by Crippen LogP contribution is 2.28. The quantitative estimate of drug-likeness (QED) is 0.251. The molecule has 1 heterocycles. The van der Waals surface area contributed by atoms with Gasteiger partial charge in [0.25, 0.3) is 6.01 Å². The van der Waals surface area contributed by atoms with Crippen LogP contribution < -0.4 is 15.2 Å². The van der Waals surface area contributed by atoms with Gasteiger partial charge in [-0.2, -0.15) is 4.98 Å². The van der Waals surface area contributed by atoms with Crippen molar-refractivity contribution in [2.24, 2.45) is 5.14 Å². The molecule has 3 aromatic carbocycles. The van der Waals surface area contributed by atoms with Gasteiger partial charge in [-0.15, -0.1) is 0 Å². The van der Waals surface area contributed by atoms with Gasteiger partial charge in [0.1, 0.15) is 11.3 Å². The second-order valence-electron chi connectivity index (χ2n) is 8.26. The number of carboxylic acids is 1. The molecule has 0 radical (unpaired) electrons. The van der Waals surface area contributed by atoms with Crippen LogP contribution in [0.5, 0.6) is 5.75 Å². The third kappa shape index (κ3) is 8.06. The molecule has 0 aliphatic rings. The first-order valence-electron chi connectivity index (χ1n) is 11.9. The molecule has 10 heteroatoms. The van der Waals surface area contributed by atoms with Crippen LogP contribution in [-0.4, -0.2) is 30.6 Å². The van der Waals surface area contributed by atoms with Gasteiger partial charge < -0.3 is 19.6 Å². The number of nitrogens with zero attached hydrogens (tertiary/aromatic N) is 1. The number of para-hydroxylation sites is 2. The Morgan fingerprint density at radius 2 is 1.76 bits per heavy atom. The largest absolute Gasteiger partial charge is 0.479 e. The van der Waals surface area contributed by atoms with Crippen molar-refractivity contribution in [1.29, 1.82) is 0 Å². The van der Waals surface area contributed by atoms with Crippen molar-refractivity contribution in [1.82, 2.24) is 4.98 Å². The Bertz CT molecular complexity index is 1370. The summed E-state index contributed by atoms with van der Waals surface area (Å²) in [6.45, 7) is 3.90. The second kappa shape index (κ2) is 12.9. The van der Waals surface area contributed by atoms with Crippen LogP contribution in [0.4, 0.5) is 6.01 Å². The Kier molecular flexibility index (Phi) is 9.64. The van der Waals surface area contributed by atoms with Gasteiger partial charge in [-0.1, -0.05) is 62.7 Å². The first kappa shape index (κ1) is 27.7. The number of hydrogen-bond acceptors (Lipinski definition) is 7. The van der Waals surface area contributed by atoms with Crippen LogP contribution in [0.3, 0.4) is 0 Å². The topological polar surface area (TPSA) is 145 Å². The van der Waals surface area contributed by atoms with E-state index in [4.69, 9.17) is 14.3 Å². The van der Waals surface area contributed by atoms with E-state index in [2.05, 4.69) is 17.2 Å². The fraction of sp³-hybridized carbons (Fsp3) is 0.259. The molecule has 0 fully saturated rings. The summed E-state index contributed by atoms with van der Waals surface area (Å²) in [5.41, 5.74) is 2.54. The van der Waals surface area contributed by atoms with E-state index in [1.165, 1.54) is 12.1 Å². The summed E-state index contributed by atoms with van der Waals surface area (Å²) in [5.74, 6) is -0.417. The van der Waals surface area contributed by atoms with E-state index in [1.807, 2.05) is 42.5 Å². The van der Waals surface area contributed by atoms with Crippen molar-refractivity contribution in [2.75, 3.05) is 5.32 Å². The standard InChI is InChI=1S/C21H24N2O4.C6H7NO2S/c1-3-8-16(22-21-23-17-11-5-6-12-19(17)27-21)14-9-7-10-15(13-14)26-18(4-2)20(24)25;7-10(8,9)6-4-2-1-3-5-6/h5-7,9-13,16,18H,3-4,8H2,1-2H3,(H,22,23)(H,24,25);1-5H,(H2,7,8,9). The van der Waals surface area contributed by atoms with E-state index in [0.29, 0.717) is 18.2 Å². The molecule has 2 unspecified atom stereocenters. The molecule has 1 aromatic heterocycles. The van der Waals surface area contributed by atoms with Gasteiger partial charge in [-0.05, 0) is 54.8 Å². The number of rotatable bonds is 10. The summed E-state index contributed by atoms with van der Waals surface area (Å²) >= 11 is 0. The number of aliphatic carboxylic acids is 1. The molecule has 4 aromatic rings. The smallest absolute Gasteiger partial charge is 0.344 e. The second-order valence-corrected chi connectivity index (χ2v) is 9.82. The number of anilines is 1. The zero-order valence-electron chi connectivity index (χ0n) is 20.7. The lowest BCUT2D eigenvalue weighted by atomic mass is 10.0. The highest BCUT2D eigenvalue weighted by molar-refractivity contribution is 7.89. The van der Waals surface area contributed by atoms with Crippen LogP contribution in [0.25, 0.3) is 11.1 Å². The minimum absolute atomic E-state index is 0.0171. The summed E-state index contributed by atoms with van der Waals surface area (Å²) in [6, 6.07) is 23.5. The molecular formula is C27H31N3O6S. The predicted molar refractivity (Wildman–Crippen MR) is 142 cm³/mol. The van der Waals surface area contributed by atoms with Crippen molar-refractivity contribution in [3.8, 4) is 5.75 Å². The van der Waals surface area contributed by atoms with Gasteiger partial charge in [-0.3, -0.25) is 0 Å². The lowest BCUT2D eigenvalue weighted by molar-refractivity contribution is -0.145. The maximum Gasteiger partial charge on any atom is 0.344 e. The zero-order valence-corrected chi connectivity index (χ0v) is 21.5. The molecule has 0 saturated carbocycles. The Hall–Kier alpha value is -3.89. The number of ether oxygens (including phenoxy) is 1. The van der Waals surface area contributed by atoms with E-state index >= 15 is 0 Å². The van der Waals surface area contributed by atoms with Crippen LogP contribution in [0.15, 0.2) is 88.2 Å². The first-order chi connectivity index (χ1) is 17.7. The Morgan fingerprint density at radius 3 is 2.35 bits per heavy atom. The number of sulfonamides is 1. The molecule has 4 rings (SSSR count). The number of nitrogens with two attached hydrogens (primary N) is 1. The van der Waals surface area contributed by atoms with E-state index in [-0.39, 0.29) is 10.9 Å². The number of hydrogen-bond donors (Lipinski definition) is 3. The average molecular weight is 526 g/mol. The summed E-state index contributed by atoms with van der Waals surface area (Å²) < 4.78 is 32.6. The van der Waals surface area contributed by atoms with Gasteiger partial charge in [0.15, 0.2) is 11.7 Å². The van der Waals surface area contributed by atoms with Crippen LogP contribution >= 0.6 is 0 Å². The number of carbonyl (C=O) groups is 1. The van der Waals surface area contributed by atoms with Gasteiger partial charge >= 0.3 is 5.97 Å². The SMILES string of the molecule is CCCC(Nc1nc2ccccc2o1)c1cccc(OC(CC)C(=O)O)c1.NS(=O)(=O)c1ccccc1. The van der Waals surface area contributed by atoms with Crippen LogP contribution in [0, 0.1) is 0 Å². The Morgan fingerprint density at radius 1 is 1.05 bits per heavy atom. The molecular weight excluding hydrogens is 494 g/mol. The molecule has 0 aliphatic carbocycles. The number of oxazole rings is 1. The highest BCUT2D eigenvalue weighted by atomic mass is 32.2. The minimum atomic E-state index is -3.50. The van der Waals surface area contributed by atoms with E-state index in [0.717, 1.165) is 29.5 Å². The van der Waals surface area contributed by atoms with Gasteiger partial charge in [-0.25, -0.2) is 18.4 Å². The van der Waals surface area contributed by atoms with Crippen molar-refractivity contribution in [3.63, 3.8) is 0 Å². The van der Waals surface area contributed by atoms with Crippen molar-refractivity contribution < 1.29 is 27.5 Å². The first-order valence-corrected chi connectivity index (χ1v) is 13.4. The van der Waals surface area contributed by atoms with Crippen molar-refractivity contribution in [3.05, 3.63) is 84.4 Å². The summed E-state index contributed by atoms with van der Waals surface area (Å²) in [5, 5.41) is 17.4. The number of fused-ring (bicyclic) bond motifs is 1. The number of benzene rings is 3. The van der Waals surface area contributed by atoms with E-state index in [9.17, 15) is 18.3 Å². The monoisotopic (exact) mass is 525 g/mol. The molecule has 9 nitrogen and oxygen atoms in total. The molecule has 0 amide bonds. The summed E-state index contributed by atoms with van der Waals surface area (Å²) in [7, 11) is -3.50. The van der Waals surface area contributed by atoms with Crippen LogP contribution in [0.1, 0.15) is 44.7 Å². The van der Waals surface area contributed by atoms with Crippen molar-refractivity contribution >= 4 is 33.1 Å². The summed E-state index contributed by atoms with van der Waals surface area (Å²) in [6.07, 6.45) is 1.39. The Balaban J connectivity index is 0.000000319. The number of aromatic nitrogens is 1. The van der Waals surface area contributed by atoms with Gasteiger partial charge in [0.05, 0.1) is 10.9 Å². The normalized spacial score (nSPS) is 12.7. The van der Waals surface area contributed by atoms with Crippen LogP contribution in [-0.2, 0) is 14.8 Å². The summed E-state index contributed by atoms with van der Waals surface area (Å²) in [4.78, 5) is 15.9. The number of carboxylic acid groups (broad SMARTS) is 1. The number of nitrogens with one attached hydrogen (secondary N) is 1.